The number of hydrogen-bond donors (Lipinski definition) is 2. The summed E-state index contributed by atoms with van der Waals surface area (Å²) in [6, 6.07) is 13.9. The molecule has 0 saturated heterocycles. The van der Waals surface area contributed by atoms with Crippen LogP contribution in [0.15, 0.2) is 42.5 Å². The predicted molar refractivity (Wildman–Crippen MR) is 105 cm³/mol. The summed E-state index contributed by atoms with van der Waals surface area (Å²) in [6.45, 7) is 0.692. The van der Waals surface area contributed by atoms with Gasteiger partial charge in [-0.15, -0.1) is 0 Å². The molecule has 1 aliphatic rings. The number of carboxylic acid groups (broad SMARTS) is 1. The molecule has 0 heterocycles. The van der Waals surface area contributed by atoms with Gasteiger partial charge in [0.15, 0.2) is 0 Å². The van der Waals surface area contributed by atoms with E-state index in [1.54, 1.807) is 7.11 Å². The summed E-state index contributed by atoms with van der Waals surface area (Å²) in [5.74, 6) is -1.57. The second-order valence-corrected chi connectivity index (χ2v) is 7.46. The minimum atomic E-state index is -0.886. The van der Waals surface area contributed by atoms with Crippen molar-refractivity contribution in [1.82, 2.24) is 5.32 Å². The Morgan fingerprint density at radius 2 is 1.93 bits per heavy atom. The van der Waals surface area contributed by atoms with Crippen LogP contribution >= 0.6 is 0 Å². The molecule has 5 heteroatoms. The van der Waals surface area contributed by atoms with Crippen molar-refractivity contribution in [3.05, 3.63) is 48.0 Å². The van der Waals surface area contributed by atoms with Gasteiger partial charge in [0.05, 0.1) is 11.3 Å². The molecule has 1 unspecified atom stereocenters. The van der Waals surface area contributed by atoms with E-state index >= 15 is 0 Å². The highest BCUT2D eigenvalue weighted by molar-refractivity contribution is 5.86. The Labute approximate surface area is 159 Å². The first-order chi connectivity index (χ1) is 13.1. The van der Waals surface area contributed by atoms with Crippen LogP contribution in [0.4, 0.5) is 0 Å². The monoisotopic (exact) mass is 369 g/mol. The minimum absolute atomic E-state index is 0.0324. The standard InChI is InChI=1S/C22H27NO4/c1-27-13-12-22(10-5-11-22)21(26)23-15-18(20(24)25)14-17-8-4-7-16-6-2-3-9-19(16)17/h2-4,6-9,18H,5,10-15H2,1H3,(H,23,26)(H,24,25). The number of rotatable bonds is 9. The fourth-order valence-corrected chi connectivity index (χ4v) is 3.88. The van der Waals surface area contributed by atoms with Crippen molar-refractivity contribution >= 4 is 22.6 Å². The summed E-state index contributed by atoms with van der Waals surface area (Å²) in [5.41, 5.74) is 0.617. The van der Waals surface area contributed by atoms with Gasteiger partial charge in [-0.3, -0.25) is 9.59 Å². The molecule has 2 N–H and O–H groups in total. The van der Waals surface area contributed by atoms with Gasteiger partial charge in [-0.2, -0.15) is 0 Å². The van der Waals surface area contributed by atoms with Crippen molar-refractivity contribution in [3.63, 3.8) is 0 Å². The van der Waals surface area contributed by atoms with E-state index in [1.807, 2.05) is 42.5 Å². The Kier molecular flexibility index (Phi) is 6.11. The molecule has 0 radical (unpaired) electrons. The lowest BCUT2D eigenvalue weighted by Crippen LogP contribution is -2.48. The van der Waals surface area contributed by atoms with Gasteiger partial charge >= 0.3 is 5.97 Å². The van der Waals surface area contributed by atoms with Crippen LogP contribution in [-0.2, 0) is 20.7 Å². The fraction of sp³-hybridized carbons (Fsp3) is 0.455. The van der Waals surface area contributed by atoms with E-state index in [0.29, 0.717) is 19.4 Å². The van der Waals surface area contributed by atoms with E-state index in [0.717, 1.165) is 35.6 Å². The number of nitrogens with one attached hydrogen (secondary N) is 1. The van der Waals surface area contributed by atoms with Crippen LogP contribution in [0.1, 0.15) is 31.2 Å². The van der Waals surface area contributed by atoms with Crippen LogP contribution in [0, 0.1) is 11.3 Å². The van der Waals surface area contributed by atoms with E-state index in [2.05, 4.69) is 5.32 Å². The van der Waals surface area contributed by atoms with E-state index in [1.165, 1.54) is 0 Å². The van der Waals surface area contributed by atoms with E-state index in [9.17, 15) is 14.7 Å². The van der Waals surface area contributed by atoms with Crippen LogP contribution < -0.4 is 5.32 Å². The smallest absolute Gasteiger partial charge is 0.308 e. The zero-order valence-corrected chi connectivity index (χ0v) is 15.7. The van der Waals surface area contributed by atoms with Crippen molar-refractivity contribution in [1.29, 1.82) is 0 Å². The lowest BCUT2D eigenvalue weighted by molar-refractivity contribution is -0.142. The third kappa shape index (κ3) is 4.30. The largest absolute Gasteiger partial charge is 0.481 e. The summed E-state index contributed by atoms with van der Waals surface area (Å²) in [4.78, 5) is 24.5. The Bertz CT molecular complexity index is 808. The summed E-state index contributed by atoms with van der Waals surface area (Å²) in [7, 11) is 1.63. The maximum Gasteiger partial charge on any atom is 0.308 e. The predicted octanol–water partition coefficient (Wildman–Crippen LogP) is 3.41. The number of ether oxygens (including phenoxy) is 1. The molecule has 0 spiro atoms. The number of benzene rings is 2. The van der Waals surface area contributed by atoms with Crippen LogP contribution in [0.2, 0.25) is 0 Å². The number of hydrogen-bond acceptors (Lipinski definition) is 3. The van der Waals surface area contributed by atoms with Gasteiger partial charge in [0, 0.05) is 20.3 Å². The van der Waals surface area contributed by atoms with E-state index < -0.39 is 11.9 Å². The summed E-state index contributed by atoms with van der Waals surface area (Å²) in [6.07, 6.45) is 3.82. The molecule has 144 valence electrons. The average molecular weight is 369 g/mol. The van der Waals surface area contributed by atoms with E-state index in [4.69, 9.17) is 4.74 Å². The number of carbonyl (C=O) groups is 2. The molecule has 27 heavy (non-hydrogen) atoms. The Morgan fingerprint density at radius 3 is 2.59 bits per heavy atom. The molecule has 2 aromatic carbocycles. The van der Waals surface area contributed by atoms with Crippen LogP contribution in [0.25, 0.3) is 10.8 Å². The van der Waals surface area contributed by atoms with Gasteiger partial charge in [0.25, 0.3) is 0 Å². The number of amides is 1. The maximum absolute atomic E-state index is 12.7. The molecule has 1 amide bonds. The lowest BCUT2D eigenvalue weighted by Gasteiger charge is -2.40. The number of fused-ring (bicyclic) bond motifs is 1. The summed E-state index contributed by atoms with van der Waals surface area (Å²) < 4.78 is 5.13. The SMILES string of the molecule is COCCC1(C(=O)NCC(Cc2cccc3ccccc23)C(=O)O)CCC1. The molecular weight excluding hydrogens is 342 g/mol. The first-order valence-electron chi connectivity index (χ1n) is 9.52. The van der Waals surface area contributed by atoms with Crippen molar-refractivity contribution in [3.8, 4) is 0 Å². The normalized spacial score (nSPS) is 16.5. The van der Waals surface area contributed by atoms with Gasteiger partial charge in [0.2, 0.25) is 5.91 Å². The first-order valence-corrected chi connectivity index (χ1v) is 9.52. The number of carboxylic acids is 1. The van der Waals surface area contributed by atoms with Crippen molar-refractivity contribution in [2.75, 3.05) is 20.3 Å². The quantitative estimate of drug-likeness (QED) is 0.710. The maximum atomic E-state index is 12.7. The molecule has 1 saturated carbocycles. The van der Waals surface area contributed by atoms with Crippen molar-refractivity contribution < 1.29 is 19.4 Å². The number of carbonyl (C=O) groups excluding carboxylic acids is 1. The number of aliphatic carboxylic acids is 1. The molecule has 0 bridgehead atoms. The first kappa shape index (κ1) is 19.4. The van der Waals surface area contributed by atoms with Gasteiger partial charge < -0.3 is 15.2 Å². The Balaban J connectivity index is 1.67. The van der Waals surface area contributed by atoms with Gasteiger partial charge in [-0.05, 0) is 42.0 Å². The molecule has 5 nitrogen and oxygen atoms in total. The lowest BCUT2D eigenvalue weighted by atomic mass is 9.66. The molecule has 3 rings (SSSR count). The molecule has 1 fully saturated rings. The number of methoxy groups -OCH3 is 1. The molecule has 2 aromatic rings. The minimum Gasteiger partial charge on any atom is -0.481 e. The molecular formula is C22H27NO4. The highest BCUT2D eigenvalue weighted by atomic mass is 16.5. The highest BCUT2D eigenvalue weighted by Crippen LogP contribution is 2.44. The molecule has 0 aliphatic heterocycles. The molecule has 0 aromatic heterocycles. The second kappa shape index (κ2) is 8.53. The molecule has 1 aliphatic carbocycles. The van der Waals surface area contributed by atoms with Crippen LogP contribution in [0.3, 0.4) is 0 Å². The van der Waals surface area contributed by atoms with Crippen molar-refractivity contribution in [2.24, 2.45) is 11.3 Å². The van der Waals surface area contributed by atoms with Crippen molar-refractivity contribution in [2.45, 2.75) is 32.1 Å². The third-order valence-corrected chi connectivity index (χ3v) is 5.78. The van der Waals surface area contributed by atoms with E-state index in [-0.39, 0.29) is 17.9 Å². The highest BCUT2D eigenvalue weighted by Gasteiger charge is 2.43. The third-order valence-electron chi connectivity index (χ3n) is 5.78. The van der Waals surface area contributed by atoms with Gasteiger partial charge in [-0.1, -0.05) is 48.9 Å². The topological polar surface area (TPSA) is 75.6 Å². The van der Waals surface area contributed by atoms with Gasteiger partial charge in [0.1, 0.15) is 0 Å². The zero-order chi connectivity index (χ0) is 19.3. The summed E-state index contributed by atoms with van der Waals surface area (Å²) >= 11 is 0. The van der Waals surface area contributed by atoms with Gasteiger partial charge in [-0.25, -0.2) is 0 Å². The zero-order valence-electron chi connectivity index (χ0n) is 15.7. The summed E-state index contributed by atoms with van der Waals surface area (Å²) in [5, 5.41) is 14.7. The van der Waals surface area contributed by atoms with Crippen LogP contribution in [0.5, 0.6) is 0 Å². The second-order valence-electron chi connectivity index (χ2n) is 7.46. The average Bonchev–Trinajstić information content (AvgIpc) is 2.64. The van der Waals surface area contributed by atoms with Crippen LogP contribution in [-0.4, -0.2) is 37.2 Å². The molecule has 1 atom stereocenters. The Morgan fingerprint density at radius 1 is 1.19 bits per heavy atom. The fourth-order valence-electron chi connectivity index (χ4n) is 3.88. The Hall–Kier alpha value is -2.40.